The van der Waals surface area contributed by atoms with Gasteiger partial charge in [-0.3, -0.25) is 4.79 Å². The molecule has 0 atom stereocenters. The third kappa shape index (κ3) is 1.60. The number of methoxy groups -OCH3 is 1. The van der Waals surface area contributed by atoms with Gasteiger partial charge in [0.25, 0.3) is 5.78 Å². The number of esters is 1. The third-order valence-corrected chi connectivity index (χ3v) is 2.15. The summed E-state index contributed by atoms with van der Waals surface area (Å²) in [6.45, 7) is 0. The molecule has 0 saturated carbocycles. The number of ether oxygens (including phenoxy) is 1. The molecule has 0 aliphatic heterocycles. The molecule has 2 aromatic rings. The number of aromatic nitrogens is 2. The number of H-pyrrole nitrogens is 2. The fourth-order valence-electron chi connectivity index (χ4n) is 1.38. The second-order valence-corrected chi connectivity index (χ2v) is 3.16. The van der Waals surface area contributed by atoms with Crippen LogP contribution in [0.5, 0.6) is 0 Å². The van der Waals surface area contributed by atoms with Crippen LogP contribution in [-0.4, -0.2) is 28.8 Å². The fraction of sp³-hybridized carbons (Fsp3) is 0.100. The number of benzene rings is 1. The lowest BCUT2D eigenvalue weighted by Crippen LogP contribution is -2.15. The molecule has 82 valence electrons. The van der Waals surface area contributed by atoms with E-state index in [1.165, 1.54) is 12.1 Å². The molecule has 0 saturated heterocycles. The van der Waals surface area contributed by atoms with E-state index in [0.717, 1.165) is 7.11 Å². The van der Waals surface area contributed by atoms with E-state index in [-0.39, 0.29) is 11.3 Å². The van der Waals surface area contributed by atoms with Crippen molar-refractivity contribution in [3.63, 3.8) is 0 Å². The molecule has 0 spiro atoms. The van der Waals surface area contributed by atoms with Crippen LogP contribution in [0.2, 0.25) is 0 Å². The van der Waals surface area contributed by atoms with Crippen molar-refractivity contribution in [2.24, 2.45) is 0 Å². The van der Waals surface area contributed by atoms with Gasteiger partial charge in [-0.1, -0.05) is 0 Å². The first-order valence-corrected chi connectivity index (χ1v) is 4.46. The van der Waals surface area contributed by atoms with Crippen LogP contribution in [0, 0.1) is 0 Å². The molecule has 0 amide bonds. The molecule has 16 heavy (non-hydrogen) atoms. The number of rotatable bonds is 2. The summed E-state index contributed by atoms with van der Waals surface area (Å²) in [4.78, 5) is 38.4. The highest BCUT2D eigenvalue weighted by Crippen LogP contribution is 2.11. The van der Waals surface area contributed by atoms with Crippen LogP contribution in [-0.2, 0) is 9.53 Å². The maximum absolute atomic E-state index is 11.4. The second kappa shape index (κ2) is 3.65. The van der Waals surface area contributed by atoms with Gasteiger partial charge < -0.3 is 14.7 Å². The lowest BCUT2D eigenvalue weighted by atomic mass is 10.1. The molecule has 0 radical (unpaired) electrons. The molecule has 1 heterocycles. The topological polar surface area (TPSA) is 92.0 Å². The van der Waals surface area contributed by atoms with Gasteiger partial charge in [-0.25, -0.2) is 9.59 Å². The van der Waals surface area contributed by atoms with Crippen molar-refractivity contribution in [3.8, 4) is 0 Å². The molecular formula is C10H8N2O4. The molecule has 6 heteroatoms. The number of ketones is 1. The fourth-order valence-corrected chi connectivity index (χ4v) is 1.38. The van der Waals surface area contributed by atoms with Crippen molar-refractivity contribution in [2.45, 2.75) is 0 Å². The summed E-state index contributed by atoms with van der Waals surface area (Å²) in [5, 5.41) is 0. The molecule has 1 aromatic carbocycles. The average molecular weight is 220 g/mol. The Bertz CT molecular complexity index is 623. The van der Waals surface area contributed by atoms with Gasteiger partial charge in [0.1, 0.15) is 0 Å². The molecule has 0 aliphatic rings. The molecule has 1 aromatic heterocycles. The minimum absolute atomic E-state index is 0.176. The van der Waals surface area contributed by atoms with Crippen LogP contribution in [0.25, 0.3) is 11.0 Å². The Hall–Kier alpha value is -2.37. The quantitative estimate of drug-likeness (QED) is 0.430. The van der Waals surface area contributed by atoms with E-state index in [0.29, 0.717) is 11.0 Å². The smallest absolute Gasteiger partial charge is 0.379 e. The van der Waals surface area contributed by atoms with E-state index < -0.39 is 11.8 Å². The SMILES string of the molecule is COC(=O)C(=O)c1ccc2[nH]c(=O)[nH]c2c1. The Morgan fingerprint density at radius 3 is 2.56 bits per heavy atom. The van der Waals surface area contributed by atoms with Gasteiger partial charge in [-0.2, -0.15) is 0 Å². The Kier molecular flexibility index (Phi) is 2.32. The maximum Gasteiger partial charge on any atom is 0.379 e. The van der Waals surface area contributed by atoms with Gasteiger partial charge in [0.15, 0.2) is 0 Å². The van der Waals surface area contributed by atoms with E-state index in [4.69, 9.17) is 0 Å². The number of imidazole rings is 1. The van der Waals surface area contributed by atoms with E-state index >= 15 is 0 Å². The third-order valence-electron chi connectivity index (χ3n) is 2.15. The van der Waals surface area contributed by atoms with Crippen molar-refractivity contribution in [3.05, 3.63) is 34.2 Å². The lowest BCUT2D eigenvalue weighted by Gasteiger charge is -1.98. The standard InChI is InChI=1S/C10H8N2O4/c1-16-9(14)8(13)5-2-3-6-7(4-5)12-10(15)11-6/h2-4H,1H3,(H2,11,12,15). The normalized spacial score (nSPS) is 10.3. The number of hydrogen-bond donors (Lipinski definition) is 2. The zero-order chi connectivity index (χ0) is 11.7. The highest BCUT2D eigenvalue weighted by molar-refractivity contribution is 6.40. The first kappa shape index (κ1) is 10.2. The van der Waals surface area contributed by atoms with Crippen molar-refractivity contribution in [2.75, 3.05) is 7.11 Å². The van der Waals surface area contributed by atoms with Crippen molar-refractivity contribution < 1.29 is 14.3 Å². The number of carbonyl (C=O) groups is 2. The number of fused-ring (bicyclic) bond motifs is 1. The molecule has 2 N–H and O–H groups in total. The van der Waals surface area contributed by atoms with Crippen LogP contribution in [0.4, 0.5) is 0 Å². The molecule has 0 bridgehead atoms. The Balaban J connectivity index is 2.50. The number of hydrogen-bond acceptors (Lipinski definition) is 4. The summed E-state index contributed by atoms with van der Waals surface area (Å²) in [6.07, 6.45) is 0. The van der Waals surface area contributed by atoms with Crippen molar-refractivity contribution in [1.29, 1.82) is 0 Å². The zero-order valence-corrected chi connectivity index (χ0v) is 8.37. The molecule has 0 unspecified atom stereocenters. The van der Waals surface area contributed by atoms with Crippen LogP contribution in [0.3, 0.4) is 0 Å². The van der Waals surface area contributed by atoms with E-state index in [1.807, 2.05) is 0 Å². The van der Waals surface area contributed by atoms with Gasteiger partial charge >= 0.3 is 11.7 Å². The minimum Gasteiger partial charge on any atom is -0.463 e. The first-order valence-electron chi connectivity index (χ1n) is 4.46. The highest BCUT2D eigenvalue weighted by Gasteiger charge is 2.17. The molecule has 2 rings (SSSR count). The summed E-state index contributed by atoms with van der Waals surface area (Å²) < 4.78 is 4.32. The maximum atomic E-state index is 11.4. The summed E-state index contributed by atoms with van der Waals surface area (Å²) in [5.74, 6) is -1.68. The molecule has 6 nitrogen and oxygen atoms in total. The number of nitrogens with one attached hydrogen (secondary N) is 2. The molecular weight excluding hydrogens is 212 g/mol. The van der Waals surface area contributed by atoms with Gasteiger partial charge in [0, 0.05) is 5.56 Å². The van der Waals surface area contributed by atoms with Gasteiger partial charge in [-0.05, 0) is 18.2 Å². The minimum atomic E-state index is -0.933. The van der Waals surface area contributed by atoms with E-state index in [9.17, 15) is 14.4 Å². The molecule has 0 fully saturated rings. The first-order chi connectivity index (χ1) is 7.61. The summed E-state index contributed by atoms with van der Waals surface area (Å²) in [5.41, 5.74) is 0.860. The predicted octanol–water partition coefficient (Wildman–Crippen LogP) is 0.212. The Morgan fingerprint density at radius 1 is 1.19 bits per heavy atom. The van der Waals surface area contributed by atoms with Gasteiger partial charge in [0.2, 0.25) is 0 Å². The average Bonchev–Trinajstić information content (AvgIpc) is 2.65. The lowest BCUT2D eigenvalue weighted by molar-refractivity contribution is -0.135. The van der Waals surface area contributed by atoms with Crippen LogP contribution < -0.4 is 5.69 Å². The van der Waals surface area contributed by atoms with Crippen LogP contribution in [0.1, 0.15) is 10.4 Å². The van der Waals surface area contributed by atoms with E-state index in [2.05, 4.69) is 14.7 Å². The van der Waals surface area contributed by atoms with Gasteiger partial charge in [-0.15, -0.1) is 0 Å². The Morgan fingerprint density at radius 2 is 1.88 bits per heavy atom. The Labute approximate surface area is 89.2 Å². The zero-order valence-electron chi connectivity index (χ0n) is 8.37. The largest absolute Gasteiger partial charge is 0.463 e. The molecule has 0 aliphatic carbocycles. The highest BCUT2D eigenvalue weighted by atomic mass is 16.5. The monoisotopic (exact) mass is 220 g/mol. The van der Waals surface area contributed by atoms with Crippen LogP contribution >= 0.6 is 0 Å². The van der Waals surface area contributed by atoms with Gasteiger partial charge in [0.05, 0.1) is 18.1 Å². The van der Waals surface area contributed by atoms with E-state index in [1.54, 1.807) is 6.07 Å². The predicted molar refractivity (Wildman–Crippen MR) is 55.3 cm³/mol. The number of carbonyl (C=O) groups excluding carboxylic acids is 2. The second-order valence-electron chi connectivity index (χ2n) is 3.16. The number of Topliss-reactive ketones (excluding diaryl/α,β-unsaturated/α-hetero) is 1. The summed E-state index contributed by atoms with van der Waals surface area (Å²) >= 11 is 0. The summed E-state index contributed by atoms with van der Waals surface area (Å²) in [6, 6.07) is 4.42. The van der Waals surface area contributed by atoms with Crippen molar-refractivity contribution >= 4 is 22.8 Å². The summed E-state index contributed by atoms with van der Waals surface area (Å²) in [7, 11) is 1.14. The van der Waals surface area contributed by atoms with Crippen molar-refractivity contribution in [1.82, 2.24) is 9.97 Å². The number of aromatic amines is 2. The van der Waals surface area contributed by atoms with Crippen LogP contribution in [0.15, 0.2) is 23.0 Å².